The van der Waals surface area contributed by atoms with Crippen molar-refractivity contribution >= 4 is 20.8 Å². The summed E-state index contributed by atoms with van der Waals surface area (Å²) in [6.07, 6.45) is 3.53. The van der Waals surface area contributed by atoms with Gasteiger partial charge >= 0.3 is 20.8 Å². The fraction of sp³-hybridized carbons (Fsp3) is 0.250. The van der Waals surface area contributed by atoms with E-state index in [1.165, 1.54) is 0 Å². The molecule has 16 heavy (non-hydrogen) atoms. The van der Waals surface area contributed by atoms with Crippen LogP contribution in [0.1, 0.15) is 5.82 Å². The molecule has 1 aromatic heterocycles. The fourth-order valence-corrected chi connectivity index (χ4v) is 0.344. The summed E-state index contributed by atoms with van der Waals surface area (Å²) >= 11 is 0. The predicted molar refractivity (Wildman–Crippen MR) is 51.7 cm³/mol. The standard InChI is InChI=1S/C4H6N2.2H2O4S/c1-4-5-2-3-6-4;2*1-5(2,3)4/h2-3H,1H3,(H,5,6);2*(H2,1,2,3,4). The highest BCUT2D eigenvalue weighted by Gasteiger charge is 1.85. The first-order chi connectivity index (χ1) is 6.89. The molecule has 0 aromatic carbocycles. The quantitative estimate of drug-likeness (QED) is 0.388. The minimum absolute atomic E-state index is 0.968. The van der Waals surface area contributed by atoms with Crippen LogP contribution in [-0.4, -0.2) is 45.0 Å². The van der Waals surface area contributed by atoms with Crippen molar-refractivity contribution in [2.45, 2.75) is 6.92 Å². The molecule has 0 radical (unpaired) electrons. The van der Waals surface area contributed by atoms with Crippen LogP contribution in [-0.2, 0) is 20.8 Å². The molecule has 0 aliphatic carbocycles. The van der Waals surface area contributed by atoms with Crippen LogP contribution in [0.3, 0.4) is 0 Å². The lowest BCUT2D eigenvalue weighted by Gasteiger charge is -1.68. The van der Waals surface area contributed by atoms with Gasteiger partial charge in [0.05, 0.1) is 0 Å². The van der Waals surface area contributed by atoms with E-state index in [1.807, 2.05) is 6.92 Å². The zero-order valence-electron chi connectivity index (χ0n) is 7.84. The summed E-state index contributed by atoms with van der Waals surface area (Å²) in [5.74, 6) is 0.968. The Balaban J connectivity index is 0. The van der Waals surface area contributed by atoms with Gasteiger partial charge in [-0.3, -0.25) is 18.2 Å². The van der Waals surface area contributed by atoms with Crippen LogP contribution in [0, 0.1) is 6.92 Å². The number of H-pyrrole nitrogens is 1. The van der Waals surface area contributed by atoms with Crippen LogP contribution >= 0.6 is 0 Å². The monoisotopic (exact) mass is 278 g/mol. The van der Waals surface area contributed by atoms with Crippen LogP contribution in [0.15, 0.2) is 12.4 Å². The van der Waals surface area contributed by atoms with E-state index >= 15 is 0 Å². The lowest BCUT2D eigenvalue weighted by atomic mass is 10.8. The summed E-state index contributed by atoms with van der Waals surface area (Å²) in [6, 6.07) is 0. The molecule has 0 amide bonds. The Morgan fingerprint density at radius 3 is 1.44 bits per heavy atom. The number of aromatic amines is 1. The van der Waals surface area contributed by atoms with Crippen molar-refractivity contribution in [2.75, 3.05) is 0 Å². The second kappa shape index (κ2) is 7.26. The smallest absolute Gasteiger partial charge is 0.349 e. The molecular formula is C4H10N2O8S2. The van der Waals surface area contributed by atoms with Crippen molar-refractivity contribution in [1.82, 2.24) is 9.97 Å². The highest BCUT2D eigenvalue weighted by molar-refractivity contribution is 7.80. The molecule has 0 saturated heterocycles. The van der Waals surface area contributed by atoms with Crippen molar-refractivity contribution in [3.05, 3.63) is 18.2 Å². The van der Waals surface area contributed by atoms with E-state index in [-0.39, 0.29) is 0 Å². The van der Waals surface area contributed by atoms with Crippen LogP contribution < -0.4 is 0 Å². The van der Waals surface area contributed by atoms with E-state index in [0.717, 1.165) is 5.82 Å². The van der Waals surface area contributed by atoms with Crippen molar-refractivity contribution in [1.29, 1.82) is 0 Å². The van der Waals surface area contributed by atoms with Crippen molar-refractivity contribution < 1.29 is 35.0 Å². The minimum atomic E-state index is -4.67. The van der Waals surface area contributed by atoms with Gasteiger partial charge in [0.25, 0.3) is 0 Å². The summed E-state index contributed by atoms with van der Waals surface area (Å²) in [5, 5.41) is 0. The third-order valence-electron chi connectivity index (χ3n) is 0.635. The second-order valence-corrected chi connectivity index (χ2v) is 3.86. The summed E-state index contributed by atoms with van der Waals surface area (Å²) in [6.45, 7) is 1.92. The van der Waals surface area contributed by atoms with Crippen LogP contribution in [0.4, 0.5) is 0 Å². The van der Waals surface area contributed by atoms with Gasteiger partial charge in [0.2, 0.25) is 0 Å². The van der Waals surface area contributed by atoms with Gasteiger partial charge in [-0.25, -0.2) is 4.98 Å². The normalized spacial score (nSPS) is 10.6. The molecule has 0 fully saturated rings. The summed E-state index contributed by atoms with van der Waals surface area (Å²) in [5.41, 5.74) is 0. The Morgan fingerprint density at radius 2 is 1.38 bits per heavy atom. The van der Waals surface area contributed by atoms with Crippen LogP contribution in [0.25, 0.3) is 0 Å². The van der Waals surface area contributed by atoms with Crippen molar-refractivity contribution in [2.24, 2.45) is 0 Å². The van der Waals surface area contributed by atoms with Crippen molar-refractivity contribution in [3.8, 4) is 0 Å². The Kier molecular flexibility index (Phi) is 7.87. The molecule has 0 atom stereocenters. The summed E-state index contributed by atoms with van der Waals surface area (Å²) in [4.78, 5) is 6.75. The second-order valence-electron chi connectivity index (χ2n) is 2.07. The number of rotatable bonds is 0. The molecule has 1 heterocycles. The van der Waals surface area contributed by atoms with E-state index in [1.54, 1.807) is 12.4 Å². The lowest BCUT2D eigenvalue weighted by Crippen LogP contribution is -1.89. The molecule has 0 spiro atoms. The fourth-order valence-electron chi connectivity index (χ4n) is 0.344. The molecule has 5 N–H and O–H groups in total. The Labute approximate surface area is 91.5 Å². The zero-order valence-corrected chi connectivity index (χ0v) is 9.47. The van der Waals surface area contributed by atoms with E-state index in [9.17, 15) is 0 Å². The van der Waals surface area contributed by atoms with Gasteiger partial charge in [0.15, 0.2) is 0 Å². The van der Waals surface area contributed by atoms with Gasteiger partial charge in [-0.15, -0.1) is 0 Å². The van der Waals surface area contributed by atoms with E-state index < -0.39 is 20.8 Å². The van der Waals surface area contributed by atoms with E-state index in [0.29, 0.717) is 0 Å². The maximum atomic E-state index is 8.74. The molecule has 1 aromatic rings. The highest BCUT2D eigenvalue weighted by Crippen LogP contribution is 1.78. The van der Waals surface area contributed by atoms with E-state index in [4.69, 9.17) is 35.0 Å². The Morgan fingerprint density at radius 1 is 1.06 bits per heavy atom. The molecule has 12 heteroatoms. The number of nitrogens with zero attached hydrogens (tertiary/aromatic N) is 1. The number of aromatic nitrogens is 2. The number of nitrogens with one attached hydrogen (secondary N) is 1. The molecule has 0 aliphatic rings. The number of hydrogen-bond acceptors (Lipinski definition) is 5. The lowest BCUT2D eigenvalue weighted by molar-refractivity contribution is 0.378. The number of hydrogen-bond donors (Lipinski definition) is 5. The first-order valence-corrected chi connectivity index (χ1v) is 6.04. The summed E-state index contributed by atoms with van der Waals surface area (Å²) in [7, 11) is -9.33. The van der Waals surface area contributed by atoms with Gasteiger partial charge < -0.3 is 4.98 Å². The Hall–Kier alpha value is -1.05. The minimum Gasteiger partial charge on any atom is -0.349 e. The molecule has 0 aliphatic heterocycles. The van der Waals surface area contributed by atoms with Gasteiger partial charge in [-0.1, -0.05) is 0 Å². The predicted octanol–water partition coefficient (Wildman–Crippen LogP) is -0.587. The van der Waals surface area contributed by atoms with Gasteiger partial charge in [-0.2, -0.15) is 16.8 Å². The Bertz CT molecular complexity index is 414. The average Bonchev–Trinajstić information content (AvgIpc) is 2.30. The topological polar surface area (TPSA) is 178 Å². The van der Waals surface area contributed by atoms with Gasteiger partial charge in [0.1, 0.15) is 5.82 Å². The largest absolute Gasteiger partial charge is 0.394 e. The average molecular weight is 278 g/mol. The molecule has 0 unspecified atom stereocenters. The highest BCUT2D eigenvalue weighted by atomic mass is 32.3. The number of aryl methyl sites for hydroxylation is 1. The molecular weight excluding hydrogens is 268 g/mol. The molecule has 10 nitrogen and oxygen atoms in total. The SMILES string of the molecule is Cc1ncc[nH]1.O=S(=O)(O)O.O=S(=O)(O)O. The number of imidazole rings is 1. The van der Waals surface area contributed by atoms with Crippen molar-refractivity contribution in [3.63, 3.8) is 0 Å². The maximum absolute atomic E-state index is 8.74. The molecule has 0 bridgehead atoms. The molecule has 1 rings (SSSR count). The molecule has 96 valence electrons. The van der Waals surface area contributed by atoms with E-state index in [2.05, 4.69) is 9.97 Å². The van der Waals surface area contributed by atoms with Crippen LogP contribution in [0.5, 0.6) is 0 Å². The first-order valence-electron chi connectivity index (χ1n) is 3.25. The zero-order chi connectivity index (χ0) is 13.4. The first kappa shape index (κ1) is 17.3. The van der Waals surface area contributed by atoms with Crippen LogP contribution in [0.2, 0.25) is 0 Å². The maximum Gasteiger partial charge on any atom is 0.394 e. The van der Waals surface area contributed by atoms with Gasteiger partial charge in [0, 0.05) is 12.4 Å². The third-order valence-corrected chi connectivity index (χ3v) is 0.635. The molecule has 0 saturated carbocycles. The summed E-state index contributed by atoms with van der Waals surface area (Å²) < 4.78 is 63.2. The van der Waals surface area contributed by atoms with Gasteiger partial charge in [-0.05, 0) is 6.92 Å². The third kappa shape index (κ3) is 52.2.